The Morgan fingerprint density at radius 3 is 2.67 bits per heavy atom. The highest BCUT2D eigenvalue weighted by Gasteiger charge is 2.01. The average Bonchev–Trinajstić information content (AvgIpc) is 2.17. The maximum Gasteiger partial charge on any atom is 0.185 e. The van der Waals surface area contributed by atoms with Crippen LogP contribution in [-0.4, -0.2) is 24.7 Å². The van der Waals surface area contributed by atoms with Crippen LogP contribution < -0.4 is 21.4 Å². The lowest BCUT2D eigenvalue weighted by atomic mass is 10.4. The lowest BCUT2D eigenvalue weighted by Crippen LogP contribution is -2.30. The van der Waals surface area contributed by atoms with Crippen molar-refractivity contribution < 1.29 is 0 Å². The van der Waals surface area contributed by atoms with Crippen molar-refractivity contribution in [1.82, 2.24) is 10.3 Å². The number of anilines is 2. The molecule has 0 fully saturated rings. The van der Waals surface area contributed by atoms with E-state index in [1.165, 1.54) is 6.07 Å². The van der Waals surface area contributed by atoms with E-state index in [0.717, 1.165) is 12.4 Å². The van der Waals surface area contributed by atoms with Gasteiger partial charge in [0, 0.05) is 18.7 Å². The van der Waals surface area contributed by atoms with Crippen molar-refractivity contribution in [1.29, 1.82) is 0 Å². The van der Waals surface area contributed by atoms with E-state index in [2.05, 4.69) is 20.9 Å². The summed E-state index contributed by atoms with van der Waals surface area (Å²) in [5, 5.41) is 9.22. The Hall–Kier alpha value is -1.49. The molecule has 0 aliphatic carbocycles. The highest BCUT2D eigenvalue weighted by atomic mass is 16.1. The van der Waals surface area contributed by atoms with Gasteiger partial charge in [-0.2, -0.15) is 0 Å². The first-order valence-electron chi connectivity index (χ1n) is 5.07. The molecule has 0 spiro atoms. The lowest BCUT2D eigenvalue weighted by molar-refractivity contribution is 0.679. The van der Waals surface area contributed by atoms with E-state index in [1.807, 2.05) is 20.9 Å². The molecule has 0 radical (unpaired) electrons. The number of nitrogens with one attached hydrogen (secondary N) is 4. The van der Waals surface area contributed by atoms with Crippen LogP contribution in [0.1, 0.15) is 13.8 Å². The molecular weight excluding hydrogens is 192 g/mol. The van der Waals surface area contributed by atoms with Crippen molar-refractivity contribution in [2.75, 3.05) is 24.2 Å². The highest BCUT2D eigenvalue weighted by Crippen LogP contribution is 2.05. The van der Waals surface area contributed by atoms with Gasteiger partial charge < -0.3 is 20.9 Å². The molecular formula is C10H18N4O. The van der Waals surface area contributed by atoms with Gasteiger partial charge in [0.15, 0.2) is 5.43 Å². The summed E-state index contributed by atoms with van der Waals surface area (Å²) < 4.78 is 0. The van der Waals surface area contributed by atoms with E-state index in [9.17, 15) is 4.79 Å². The zero-order valence-corrected chi connectivity index (χ0v) is 9.35. The van der Waals surface area contributed by atoms with Gasteiger partial charge in [-0.15, -0.1) is 0 Å². The van der Waals surface area contributed by atoms with Gasteiger partial charge >= 0.3 is 0 Å². The molecule has 0 amide bonds. The van der Waals surface area contributed by atoms with Crippen LogP contribution in [-0.2, 0) is 0 Å². The number of aromatic amines is 1. The highest BCUT2D eigenvalue weighted by molar-refractivity contribution is 5.45. The smallest absolute Gasteiger partial charge is 0.185 e. The van der Waals surface area contributed by atoms with Crippen LogP contribution in [0.25, 0.3) is 0 Å². The second-order valence-electron chi connectivity index (χ2n) is 3.33. The molecule has 0 saturated carbocycles. The SMILES string of the molecule is CCNc1cc(=O)cc(NC(C)NC)[nH]1. The Morgan fingerprint density at radius 1 is 1.40 bits per heavy atom. The first kappa shape index (κ1) is 11.6. The summed E-state index contributed by atoms with van der Waals surface area (Å²) in [6, 6.07) is 3.08. The van der Waals surface area contributed by atoms with Crippen LogP contribution in [0.3, 0.4) is 0 Å². The fourth-order valence-electron chi connectivity index (χ4n) is 1.21. The average molecular weight is 210 g/mol. The van der Waals surface area contributed by atoms with Gasteiger partial charge in [0.05, 0.1) is 6.17 Å². The first-order valence-corrected chi connectivity index (χ1v) is 5.07. The van der Waals surface area contributed by atoms with Gasteiger partial charge in [-0.05, 0) is 20.9 Å². The molecule has 0 bridgehead atoms. The molecule has 0 aliphatic rings. The van der Waals surface area contributed by atoms with Crippen LogP contribution in [0.2, 0.25) is 0 Å². The maximum atomic E-state index is 11.3. The summed E-state index contributed by atoms with van der Waals surface area (Å²) in [4.78, 5) is 14.4. The minimum atomic E-state index is -0.0181. The molecule has 0 saturated heterocycles. The molecule has 1 aromatic rings. The molecule has 84 valence electrons. The van der Waals surface area contributed by atoms with Crippen molar-refractivity contribution in [3.05, 3.63) is 22.4 Å². The largest absolute Gasteiger partial charge is 0.372 e. The zero-order valence-electron chi connectivity index (χ0n) is 9.35. The van der Waals surface area contributed by atoms with Gasteiger partial charge in [-0.1, -0.05) is 0 Å². The standard InChI is InChI=1S/C10H18N4O/c1-4-12-9-5-8(15)6-10(14-9)13-7(2)11-3/h5-7,11H,4H2,1-3H3,(H3,12,13,14,15). The van der Waals surface area contributed by atoms with Gasteiger partial charge in [-0.3, -0.25) is 4.79 Å². The van der Waals surface area contributed by atoms with Gasteiger partial charge in [0.2, 0.25) is 0 Å². The van der Waals surface area contributed by atoms with Gasteiger partial charge in [0.25, 0.3) is 0 Å². The van der Waals surface area contributed by atoms with E-state index < -0.39 is 0 Å². The third-order valence-electron chi connectivity index (χ3n) is 2.01. The maximum absolute atomic E-state index is 11.3. The molecule has 1 rings (SSSR count). The molecule has 5 nitrogen and oxygen atoms in total. The van der Waals surface area contributed by atoms with Crippen molar-refractivity contribution in [3.63, 3.8) is 0 Å². The third kappa shape index (κ3) is 3.63. The number of H-pyrrole nitrogens is 1. The van der Waals surface area contributed by atoms with Crippen molar-refractivity contribution in [2.45, 2.75) is 20.0 Å². The number of hydrogen-bond donors (Lipinski definition) is 4. The molecule has 1 heterocycles. The van der Waals surface area contributed by atoms with Crippen LogP contribution in [0.15, 0.2) is 16.9 Å². The van der Waals surface area contributed by atoms with E-state index in [4.69, 9.17) is 0 Å². The monoisotopic (exact) mass is 210 g/mol. The minimum absolute atomic E-state index is 0.0181. The topological polar surface area (TPSA) is 69.0 Å². The summed E-state index contributed by atoms with van der Waals surface area (Å²) in [7, 11) is 1.85. The first-order chi connectivity index (χ1) is 7.15. The Morgan fingerprint density at radius 2 is 2.07 bits per heavy atom. The van der Waals surface area contributed by atoms with Crippen LogP contribution in [0, 0.1) is 0 Å². The Bertz CT molecular complexity index is 361. The number of rotatable bonds is 5. The number of hydrogen-bond acceptors (Lipinski definition) is 4. The molecule has 5 heteroatoms. The summed E-state index contributed by atoms with van der Waals surface area (Å²) in [5.74, 6) is 1.44. The van der Waals surface area contributed by atoms with Crippen LogP contribution in [0.4, 0.5) is 11.6 Å². The van der Waals surface area contributed by atoms with E-state index in [1.54, 1.807) is 6.07 Å². The minimum Gasteiger partial charge on any atom is -0.372 e. The molecule has 0 aliphatic heterocycles. The summed E-state index contributed by atoms with van der Waals surface area (Å²) in [5.41, 5.74) is -0.0181. The fraction of sp³-hybridized carbons (Fsp3) is 0.500. The Balaban J connectivity index is 2.83. The molecule has 1 atom stereocenters. The van der Waals surface area contributed by atoms with Crippen molar-refractivity contribution in [2.24, 2.45) is 0 Å². The predicted octanol–water partition coefficient (Wildman–Crippen LogP) is 0.784. The molecule has 4 N–H and O–H groups in total. The van der Waals surface area contributed by atoms with Crippen LogP contribution >= 0.6 is 0 Å². The van der Waals surface area contributed by atoms with Crippen LogP contribution in [0.5, 0.6) is 0 Å². The quantitative estimate of drug-likeness (QED) is 0.542. The number of aromatic nitrogens is 1. The molecule has 1 aromatic heterocycles. The predicted molar refractivity (Wildman–Crippen MR) is 63.4 cm³/mol. The fourth-order valence-corrected chi connectivity index (χ4v) is 1.21. The third-order valence-corrected chi connectivity index (χ3v) is 2.01. The number of pyridine rings is 1. The second-order valence-corrected chi connectivity index (χ2v) is 3.33. The van der Waals surface area contributed by atoms with Crippen molar-refractivity contribution >= 4 is 11.6 Å². The summed E-state index contributed by atoms with van der Waals surface area (Å²) in [6.45, 7) is 4.73. The Labute approximate surface area is 89.3 Å². The summed E-state index contributed by atoms with van der Waals surface area (Å²) >= 11 is 0. The van der Waals surface area contributed by atoms with E-state index >= 15 is 0 Å². The Kier molecular flexibility index (Phi) is 4.17. The van der Waals surface area contributed by atoms with Gasteiger partial charge in [0.1, 0.15) is 11.6 Å². The molecule has 0 aromatic carbocycles. The molecule has 15 heavy (non-hydrogen) atoms. The lowest BCUT2D eigenvalue weighted by Gasteiger charge is -2.14. The van der Waals surface area contributed by atoms with Gasteiger partial charge in [-0.25, -0.2) is 0 Å². The molecule has 1 unspecified atom stereocenters. The zero-order chi connectivity index (χ0) is 11.3. The van der Waals surface area contributed by atoms with E-state index in [0.29, 0.717) is 5.82 Å². The normalized spacial score (nSPS) is 12.2. The second kappa shape index (κ2) is 5.41. The van der Waals surface area contributed by atoms with E-state index in [-0.39, 0.29) is 11.6 Å². The summed E-state index contributed by atoms with van der Waals surface area (Å²) in [6.07, 6.45) is 0.109. The van der Waals surface area contributed by atoms with Crippen molar-refractivity contribution in [3.8, 4) is 0 Å².